The lowest BCUT2D eigenvalue weighted by Gasteiger charge is -2.27. The molecule has 0 aromatic carbocycles. The van der Waals surface area contributed by atoms with E-state index in [1.807, 2.05) is 6.92 Å². The molecule has 2 N–H and O–H groups in total. The summed E-state index contributed by atoms with van der Waals surface area (Å²) in [6.45, 7) is 10.2. The molecule has 1 aliphatic heterocycles. The maximum atomic E-state index is 12.0. The molecule has 4 nitrogen and oxygen atoms in total. The van der Waals surface area contributed by atoms with Gasteiger partial charge in [-0.2, -0.15) is 0 Å². The average Bonchev–Trinajstić information content (AvgIpc) is 2.56. The van der Waals surface area contributed by atoms with E-state index in [9.17, 15) is 4.79 Å². The minimum atomic E-state index is -0.00565. The largest absolute Gasteiger partial charge is 0.352 e. The van der Waals surface area contributed by atoms with E-state index in [0.29, 0.717) is 0 Å². The van der Waals surface area contributed by atoms with E-state index < -0.39 is 0 Å². The third kappa shape index (κ3) is 4.10. The van der Waals surface area contributed by atoms with Gasteiger partial charge in [0.2, 0.25) is 5.91 Å². The highest BCUT2D eigenvalue weighted by Gasteiger charge is 2.22. The number of carbonyl (C=O) groups excluding carboxylic acids is 1. The van der Waals surface area contributed by atoms with Crippen molar-refractivity contribution in [2.45, 2.75) is 45.7 Å². The summed E-state index contributed by atoms with van der Waals surface area (Å²) in [7, 11) is 0. The van der Waals surface area contributed by atoms with Crippen molar-refractivity contribution >= 4 is 5.91 Å². The number of carbonyl (C=O) groups is 1. The highest BCUT2D eigenvalue weighted by molar-refractivity contribution is 5.81. The Bertz CT molecular complexity index is 212. The fourth-order valence-electron chi connectivity index (χ4n) is 1.89. The van der Waals surface area contributed by atoms with E-state index in [1.54, 1.807) is 0 Å². The molecule has 2 atom stereocenters. The van der Waals surface area contributed by atoms with Crippen LogP contribution < -0.4 is 10.6 Å². The van der Waals surface area contributed by atoms with Gasteiger partial charge in [0.25, 0.3) is 0 Å². The molecule has 16 heavy (non-hydrogen) atoms. The molecule has 1 aliphatic rings. The molecule has 0 saturated carbocycles. The Balaban J connectivity index is 2.41. The molecule has 0 aromatic heterocycles. The molecular weight excluding hydrogens is 202 g/mol. The van der Waals surface area contributed by atoms with Gasteiger partial charge in [-0.1, -0.05) is 6.92 Å². The van der Waals surface area contributed by atoms with Crippen LogP contribution in [0, 0.1) is 0 Å². The fourth-order valence-corrected chi connectivity index (χ4v) is 1.89. The Morgan fingerprint density at radius 2 is 2.12 bits per heavy atom. The third-order valence-corrected chi connectivity index (χ3v) is 3.30. The van der Waals surface area contributed by atoms with Crippen molar-refractivity contribution in [3.05, 3.63) is 0 Å². The first-order chi connectivity index (χ1) is 7.65. The van der Waals surface area contributed by atoms with Gasteiger partial charge in [-0.05, 0) is 33.2 Å². The molecule has 1 amide bonds. The maximum absolute atomic E-state index is 12.0. The zero-order valence-electron chi connectivity index (χ0n) is 10.8. The molecule has 0 spiro atoms. The van der Waals surface area contributed by atoms with Crippen LogP contribution in [-0.2, 0) is 4.79 Å². The molecule has 0 aromatic rings. The van der Waals surface area contributed by atoms with Crippen LogP contribution in [0.25, 0.3) is 0 Å². The Hall–Kier alpha value is -0.610. The number of nitrogens with one attached hydrogen (secondary N) is 2. The number of hydrogen-bond donors (Lipinski definition) is 2. The number of hydrogen-bond acceptors (Lipinski definition) is 3. The van der Waals surface area contributed by atoms with Crippen LogP contribution in [0.2, 0.25) is 0 Å². The van der Waals surface area contributed by atoms with Crippen molar-refractivity contribution in [3.8, 4) is 0 Å². The van der Waals surface area contributed by atoms with Gasteiger partial charge >= 0.3 is 0 Å². The molecule has 1 saturated heterocycles. The predicted octanol–water partition coefficient (Wildman–Crippen LogP) is 0.585. The lowest BCUT2D eigenvalue weighted by Crippen LogP contribution is -2.48. The van der Waals surface area contributed by atoms with Crippen molar-refractivity contribution in [3.63, 3.8) is 0 Å². The zero-order chi connectivity index (χ0) is 12.0. The Labute approximate surface area is 98.8 Å². The van der Waals surface area contributed by atoms with Crippen LogP contribution in [0.15, 0.2) is 0 Å². The first-order valence-electron chi connectivity index (χ1n) is 6.40. The van der Waals surface area contributed by atoms with Crippen LogP contribution in [0.5, 0.6) is 0 Å². The topological polar surface area (TPSA) is 44.4 Å². The second-order valence-electron chi connectivity index (χ2n) is 4.63. The Morgan fingerprint density at radius 3 is 2.81 bits per heavy atom. The normalized spacial score (nSPS) is 22.2. The van der Waals surface area contributed by atoms with Gasteiger partial charge in [0.15, 0.2) is 0 Å². The molecular formula is C12H25N3O. The number of nitrogens with zero attached hydrogens (tertiary/aromatic N) is 1. The van der Waals surface area contributed by atoms with Crippen LogP contribution in [0.4, 0.5) is 0 Å². The second-order valence-corrected chi connectivity index (χ2v) is 4.63. The van der Waals surface area contributed by atoms with Crippen LogP contribution in [-0.4, -0.2) is 49.1 Å². The SMILES string of the molecule is CCC(C)NC(=O)C(C)N1CCCNCC1. The predicted molar refractivity (Wildman–Crippen MR) is 66.4 cm³/mol. The van der Waals surface area contributed by atoms with Crippen molar-refractivity contribution in [2.24, 2.45) is 0 Å². The van der Waals surface area contributed by atoms with E-state index in [1.165, 1.54) is 0 Å². The fraction of sp³-hybridized carbons (Fsp3) is 0.917. The minimum absolute atomic E-state index is 0.00565. The van der Waals surface area contributed by atoms with Crippen molar-refractivity contribution in [2.75, 3.05) is 26.2 Å². The standard InChI is InChI=1S/C12H25N3O/c1-4-10(2)14-12(16)11(3)15-8-5-6-13-7-9-15/h10-11,13H,4-9H2,1-3H3,(H,14,16). The third-order valence-electron chi connectivity index (χ3n) is 3.30. The first-order valence-corrected chi connectivity index (χ1v) is 6.40. The van der Waals surface area contributed by atoms with Gasteiger partial charge in [0.1, 0.15) is 0 Å². The smallest absolute Gasteiger partial charge is 0.237 e. The summed E-state index contributed by atoms with van der Waals surface area (Å²) >= 11 is 0. The van der Waals surface area contributed by atoms with Crippen LogP contribution in [0.1, 0.15) is 33.6 Å². The molecule has 0 aliphatic carbocycles. The Morgan fingerprint density at radius 1 is 1.38 bits per heavy atom. The Kier molecular flexibility index (Phi) is 5.77. The molecule has 0 radical (unpaired) electrons. The van der Waals surface area contributed by atoms with Crippen molar-refractivity contribution < 1.29 is 4.79 Å². The highest BCUT2D eigenvalue weighted by Crippen LogP contribution is 2.03. The highest BCUT2D eigenvalue weighted by atomic mass is 16.2. The minimum Gasteiger partial charge on any atom is -0.352 e. The van der Waals surface area contributed by atoms with E-state index in [0.717, 1.165) is 39.0 Å². The summed E-state index contributed by atoms with van der Waals surface area (Å²) in [5.74, 6) is 0.163. The summed E-state index contributed by atoms with van der Waals surface area (Å²) in [5.41, 5.74) is 0. The van der Waals surface area contributed by atoms with Gasteiger partial charge in [-0.15, -0.1) is 0 Å². The first kappa shape index (κ1) is 13.5. The molecule has 1 rings (SSSR count). The lowest BCUT2D eigenvalue weighted by atomic mass is 10.2. The van der Waals surface area contributed by atoms with Gasteiger partial charge in [0, 0.05) is 25.7 Å². The number of amides is 1. The molecule has 1 fully saturated rings. The average molecular weight is 227 g/mol. The van der Waals surface area contributed by atoms with E-state index in [4.69, 9.17) is 0 Å². The quantitative estimate of drug-likeness (QED) is 0.738. The maximum Gasteiger partial charge on any atom is 0.237 e. The summed E-state index contributed by atoms with van der Waals surface area (Å²) in [5, 5.41) is 6.40. The van der Waals surface area contributed by atoms with Crippen LogP contribution >= 0.6 is 0 Å². The number of rotatable bonds is 4. The molecule has 4 heteroatoms. The second kappa shape index (κ2) is 6.86. The molecule has 1 heterocycles. The van der Waals surface area contributed by atoms with Gasteiger partial charge in [0.05, 0.1) is 6.04 Å². The zero-order valence-corrected chi connectivity index (χ0v) is 10.8. The summed E-state index contributed by atoms with van der Waals surface area (Å²) < 4.78 is 0. The van der Waals surface area contributed by atoms with E-state index in [2.05, 4.69) is 29.4 Å². The van der Waals surface area contributed by atoms with Gasteiger partial charge in [-0.3, -0.25) is 9.69 Å². The van der Waals surface area contributed by atoms with Gasteiger partial charge < -0.3 is 10.6 Å². The summed E-state index contributed by atoms with van der Waals surface area (Å²) in [4.78, 5) is 14.2. The monoisotopic (exact) mass is 227 g/mol. The van der Waals surface area contributed by atoms with E-state index >= 15 is 0 Å². The lowest BCUT2D eigenvalue weighted by molar-refractivity contribution is -0.126. The van der Waals surface area contributed by atoms with E-state index in [-0.39, 0.29) is 18.0 Å². The van der Waals surface area contributed by atoms with Gasteiger partial charge in [-0.25, -0.2) is 0 Å². The molecule has 94 valence electrons. The molecule has 2 unspecified atom stereocenters. The summed E-state index contributed by atoms with van der Waals surface area (Å²) in [6.07, 6.45) is 2.11. The molecule has 0 bridgehead atoms. The van der Waals surface area contributed by atoms with Crippen molar-refractivity contribution in [1.29, 1.82) is 0 Å². The van der Waals surface area contributed by atoms with Crippen LogP contribution in [0.3, 0.4) is 0 Å². The van der Waals surface area contributed by atoms with Crippen molar-refractivity contribution in [1.82, 2.24) is 15.5 Å². The summed E-state index contributed by atoms with van der Waals surface area (Å²) in [6, 6.07) is 0.272.